The molecule has 2 aromatic carbocycles. The molecule has 0 saturated carbocycles. The van der Waals surface area contributed by atoms with E-state index in [0.717, 1.165) is 17.3 Å². The van der Waals surface area contributed by atoms with Gasteiger partial charge in [-0.3, -0.25) is 9.59 Å². The highest BCUT2D eigenvalue weighted by Gasteiger charge is 2.16. The van der Waals surface area contributed by atoms with Crippen LogP contribution in [0.1, 0.15) is 22.3 Å². The zero-order valence-corrected chi connectivity index (χ0v) is 12.5. The second-order valence-electron chi connectivity index (χ2n) is 5.22. The number of hydrogen-bond donors (Lipinski definition) is 2. The Hall–Kier alpha value is -2.89. The lowest BCUT2D eigenvalue weighted by molar-refractivity contribution is -0.116. The second-order valence-corrected chi connectivity index (χ2v) is 5.22. The van der Waals surface area contributed by atoms with Gasteiger partial charge in [0.1, 0.15) is 0 Å². The van der Waals surface area contributed by atoms with E-state index in [-0.39, 0.29) is 17.2 Å². The molecule has 0 radical (unpaired) electrons. The summed E-state index contributed by atoms with van der Waals surface area (Å²) in [7, 11) is 1.37. The minimum atomic E-state index is -0.590. The van der Waals surface area contributed by atoms with E-state index in [1.807, 2.05) is 6.07 Å². The maximum Gasteiger partial charge on any atom is 0.255 e. The summed E-state index contributed by atoms with van der Waals surface area (Å²) in [6.07, 6.45) is 1.05. The van der Waals surface area contributed by atoms with Gasteiger partial charge < -0.3 is 15.4 Å². The summed E-state index contributed by atoms with van der Waals surface area (Å²) in [5.74, 6) is -0.922. The summed E-state index contributed by atoms with van der Waals surface area (Å²) >= 11 is 0. The van der Waals surface area contributed by atoms with E-state index in [1.54, 1.807) is 12.1 Å². The van der Waals surface area contributed by atoms with E-state index in [1.165, 1.54) is 19.2 Å². The normalized spacial score (nSPS) is 13.0. The Balaban J connectivity index is 1.78. The van der Waals surface area contributed by atoms with Crippen molar-refractivity contribution in [1.82, 2.24) is 0 Å². The number of halogens is 1. The maximum atomic E-state index is 13.7. The van der Waals surface area contributed by atoms with Crippen LogP contribution in [0.2, 0.25) is 0 Å². The molecule has 1 aliphatic rings. The van der Waals surface area contributed by atoms with E-state index in [9.17, 15) is 14.0 Å². The SMILES string of the molecule is COc1ccc(C(=O)Nc2ccc3c(c2)CCC(=O)N3)cc1F. The van der Waals surface area contributed by atoms with Crippen LogP contribution in [0.15, 0.2) is 36.4 Å². The van der Waals surface area contributed by atoms with Gasteiger partial charge in [0, 0.05) is 23.4 Å². The Morgan fingerprint density at radius 1 is 1.22 bits per heavy atom. The lowest BCUT2D eigenvalue weighted by Gasteiger charge is -2.17. The van der Waals surface area contributed by atoms with Gasteiger partial charge in [0.15, 0.2) is 11.6 Å². The fourth-order valence-corrected chi connectivity index (χ4v) is 2.47. The van der Waals surface area contributed by atoms with Gasteiger partial charge in [-0.05, 0) is 48.4 Å². The van der Waals surface area contributed by atoms with Gasteiger partial charge in [0.2, 0.25) is 5.91 Å². The van der Waals surface area contributed by atoms with Crippen molar-refractivity contribution in [2.45, 2.75) is 12.8 Å². The molecule has 0 saturated heterocycles. The number of amides is 2. The molecule has 6 heteroatoms. The fraction of sp³-hybridized carbons (Fsp3) is 0.176. The van der Waals surface area contributed by atoms with Crippen LogP contribution in [0, 0.1) is 5.82 Å². The highest BCUT2D eigenvalue weighted by atomic mass is 19.1. The van der Waals surface area contributed by atoms with Crippen molar-refractivity contribution in [3.8, 4) is 5.75 Å². The number of anilines is 2. The third-order valence-corrected chi connectivity index (χ3v) is 3.67. The van der Waals surface area contributed by atoms with Crippen molar-refractivity contribution in [3.63, 3.8) is 0 Å². The largest absolute Gasteiger partial charge is 0.494 e. The lowest BCUT2D eigenvalue weighted by Crippen LogP contribution is -2.19. The van der Waals surface area contributed by atoms with Crippen molar-refractivity contribution < 1.29 is 18.7 Å². The number of rotatable bonds is 3. The standard InChI is InChI=1S/C17H15FN2O3/c1-23-15-6-2-11(9-13(15)18)17(22)19-12-4-5-14-10(8-12)3-7-16(21)20-14/h2,4-6,8-9H,3,7H2,1H3,(H,19,22)(H,20,21). The number of fused-ring (bicyclic) bond motifs is 1. The number of carbonyl (C=O) groups excluding carboxylic acids is 2. The Kier molecular flexibility index (Phi) is 3.97. The van der Waals surface area contributed by atoms with E-state index in [4.69, 9.17) is 4.74 Å². The smallest absolute Gasteiger partial charge is 0.255 e. The van der Waals surface area contributed by atoms with Gasteiger partial charge in [-0.25, -0.2) is 4.39 Å². The van der Waals surface area contributed by atoms with Gasteiger partial charge >= 0.3 is 0 Å². The topological polar surface area (TPSA) is 67.4 Å². The van der Waals surface area contributed by atoms with E-state index in [2.05, 4.69) is 10.6 Å². The summed E-state index contributed by atoms with van der Waals surface area (Å²) < 4.78 is 18.5. The Morgan fingerprint density at radius 2 is 2.04 bits per heavy atom. The number of hydrogen-bond acceptors (Lipinski definition) is 3. The molecule has 0 bridgehead atoms. The number of benzene rings is 2. The van der Waals surface area contributed by atoms with Crippen LogP contribution >= 0.6 is 0 Å². The van der Waals surface area contributed by atoms with Crippen molar-refractivity contribution in [2.24, 2.45) is 0 Å². The predicted molar refractivity (Wildman–Crippen MR) is 84.3 cm³/mol. The first-order chi connectivity index (χ1) is 11.1. The predicted octanol–water partition coefficient (Wildman–Crippen LogP) is 2.97. The highest BCUT2D eigenvalue weighted by Crippen LogP contribution is 2.26. The van der Waals surface area contributed by atoms with Crippen molar-refractivity contribution >= 4 is 23.2 Å². The Bertz CT molecular complexity index is 789. The van der Waals surface area contributed by atoms with Gasteiger partial charge in [-0.1, -0.05) is 0 Å². The molecule has 5 nitrogen and oxygen atoms in total. The van der Waals surface area contributed by atoms with Crippen molar-refractivity contribution in [1.29, 1.82) is 0 Å². The summed E-state index contributed by atoms with van der Waals surface area (Å²) in [6, 6.07) is 9.29. The molecular formula is C17H15FN2O3. The highest BCUT2D eigenvalue weighted by molar-refractivity contribution is 6.04. The van der Waals surface area contributed by atoms with E-state index >= 15 is 0 Å². The average molecular weight is 314 g/mol. The number of aryl methyl sites for hydroxylation is 1. The van der Waals surface area contributed by atoms with Crippen LogP contribution in [-0.2, 0) is 11.2 Å². The Morgan fingerprint density at radius 3 is 2.78 bits per heavy atom. The van der Waals surface area contributed by atoms with Gasteiger partial charge in [-0.15, -0.1) is 0 Å². The molecule has 2 amide bonds. The lowest BCUT2D eigenvalue weighted by atomic mass is 10.0. The van der Waals surface area contributed by atoms with E-state index in [0.29, 0.717) is 18.5 Å². The first-order valence-corrected chi connectivity index (χ1v) is 7.14. The number of nitrogens with one attached hydrogen (secondary N) is 2. The van der Waals surface area contributed by atoms with Gasteiger partial charge in [-0.2, -0.15) is 0 Å². The van der Waals surface area contributed by atoms with Crippen LogP contribution in [0.3, 0.4) is 0 Å². The summed E-state index contributed by atoms with van der Waals surface area (Å²) in [5, 5.41) is 5.50. The second kappa shape index (κ2) is 6.08. The third kappa shape index (κ3) is 3.15. The molecule has 3 rings (SSSR count). The minimum absolute atomic E-state index is 0.0111. The van der Waals surface area contributed by atoms with Crippen molar-refractivity contribution in [2.75, 3.05) is 17.7 Å². The van der Waals surface area contributed by atoms with Crippen LogP contribution in [0.4, 0.5) is 15.8 Å². The summed E-state index contributed by atoms with van der Waals surface area (Å²) in [6.45, 7) is 0. The van der Waals surface area contributed by atoms with Crippen molar-refractivity contribution in [3.05, 3.63) is 53.3 Å². The van der Waals surface area contributed by atoms with Crippen LogP contribution in [0.5, 0.6) is 5.75 Å². The average Bonchev–Trinajstić information content (AvgIpc) is 2.55. The molecule has 2 N–H and O–H groups in total. The monoisotopic (exact) mass is 314 g/mol. The van der Waals surface area contributed by atoms with Gasteiger partial charge in [0.25, 0.3) is 5.91 Å². The Labute approximate surface area is 132 Å². The summed E-state index contributed by atoms with van der Waals surface area (Å²) in [4.78, 5) is 23.5. The van der Waals surface area contributed by atoms with Crippen LogP contribution in [0.25, 0.3) is 0 Å². The zero-order chi connectivity index (χ0) is 16.4. The van der Waals surface area contributed by atoms with Crippen LogP contribution < -0.4 is 15.4 Å². The molecular weight excluding hydrogens is 299 g/mol. The molecule has 0 aliphatic carbocycles. The number of ether oxygens (including phenoxy) is 1. The number of carbonyl (C=O) groups is 2. The molecule has 0 unspecified atom stereocenters. The maximum absolute atomic E-state index is 13.7. The molecule has 118 valence electrons. The zero-order valence-electron chi connectivity index (χ0n) is 12.5. The first kappa shape index (κ1) is 15.0. The molecule has 0 atom stereocenters. The minimum Gasteiger partial charge on any atom is -0.494 e. The number of methoxy groups -OCH3 is 1. The molecule has 1 aliphatic heterocycles. The fourth-order valence-electron chi connectivity index (χ4n) is 2.47. The van der Waals surface area contributed by atoms with E-state index < -0.39 is 11.7 Å². The molecule has 0 aromatic heterocycles. The summed E-state index contributed by atoms with van der Waals surface area (Å²) in [5.41, 5.74) is 2.52. The van der Waals surface area contributed by atoms with Crippen LogP contribution in [-0.4, -0.2) is 18.9 Å². The molecule has 2 aromatic rings. The molecule has 0 fully saturated rings. The molecule has 23 heavy (non-hydrogen) atoms. The van der Waals surface area contributed by atoms with Gasteiger partial charge in [0.05, 0.1) is 7.11 Å². The molecule has 0 spiro atoms. The first-order valence-electron chi connectivity index (χ1n) is 7.14. The third-order valence-electron chi connectivity index (χ3n) is 3.67. The quantitative estimate of drug-likeness (QED) is 0.915. The molecule has 1 heterocycles.